The monoisotopic (exact) mass is 279 g/mol. The second kappa shape index (κ2) is 4.36. The highest BCUT2D eigenvalue weighted by atomic mass is 35.5. The van der Waals surface area contributed by atoms with E-state index in [2.05, 4.69) is 17.1 Å². The van der Waals surface area contributed by atoms with Crippen molar-refractivity contribution in [1.82, 2.24) is 4.98 Å². The van der Waals surface area contributed by atoms with Gasteiger partial charge in [0, 0.05) is 22.5 Å². The first kappa shape index (κ1) is 11.5. The fourth-order valence-corrected chi connectivity index (χ4v) is 2.72. The Kier molecular flexibility index (Phi) is 2.51. The summed E-state index contributed by atoms with van der Waals surface area (Å²) in [4.78, 5) is 4.11. The lowest BCUT2D eigenvalue weighted by Crippen LogP contribution is -1.81. The van der Waals surface area contributed by atoms with Crippen molar-refractivity contribution in [3.63, 3.8) is 0 Å². The largest absolute Gasteiger partial charge is 0.456 e. The molecule has 0 amide bonds. The smallest absolute Gasteiger partial charge is 0.136 e. The molecule has 0 saturated heterocycles. The van der Waals surface area contributed by atoms with Gasteiger partial charge in [-0.25, -0.2) is 4.98 Å². The van der Waals surface area contributed by atoms with E-state index in [1.54, 1.807) is 6.20 Å². The van der Waals surface area contributed by atoms with E-state index in [1.165, 1.54) is 0 Å². The van der Waals surface area contributed by atoms with Crippen LogP contribution in [-0.2, 0) is 0 Å². The van der Waals surface area contributed by atoms with Crippen molar-refractivity contribution in [3.8, 4) is 11.1 Å². The Bertz CT molecular complexity index is 926. The Morgan fingerprint density at radius 2 is 1.70 bits per heavy atom. The van der Waals surface area contributed by atoms with Crippen molar-refractivity contribution in [3.05, 3.63) is 65.9 Å². The van der Waals surface area contributed by atoms with Gasteiger partial charge in [0.15, 0.2) is 0 Å². The molecule has 0 aliphatic rings. The molecule has 0 aliphatic carbocycles. The predicted molar refractivity (Wildman–Crippen MR) is 82.0 cm³/mol. The van der Waals surface area contributed by atoms with Crippen LogP contribution >= 0.6 is 11.6 Å². The summed E-state index contributed by atoms with van der Waals surface area (Å²) in [6.45, 7) is 0. The summed E-state index contributed by atoms with van der Waals surface area (Å²) in [5.41, 5.74) is 3.69. The van der Waals surface area contributed by atoms with E-state index in [1.807, 2.05) is 42.5 Å². The van der Waals surface area contributed by atoms with Crippen molar-refractivity contribution < 1.29 is 4.42 Å². The lowest BCUT2D eigenvalue weighted by atomic mass is 10.1. The van der Waals surface area contributed by atoms with E-state index in [-0.39, 0.29) is 0 Å². The summed E-state index contributed by atoms with van der Waals surface area (Å²) in [5, 5.41) is 2.75. The average Bonchev–Trinajstić information content (AvgIpc) is 2.85. The summed E-state index contributed by atoms with van der Waals surface area (Å²) < 4.78 is 5.89. The van der Waals surface area contributed by atoms with E-state index in [0.29, 0.717) is 5.15 Å². The highest BCUT2D eigenvalue weighted by Crippen LogP contribution is 2.33. The van der Waals surface area contributed by atoms with Crippen LogP contribution in [-0.4, -0.2) is 4.98 Å². The number of rotatable bonds is 1. The Labute approximate surface area is 120 Å². The second-order valence-electron chi connectivity index (χ2n) is 4.65. The lowest BCUT2D eigenvalue weighted by Gasteiger charge is -2.02. The fourth-order valence-electron chi connectivity index (χ4n) is 2.49. The number of pyridine rings is 1. The molecule has 0 unspecified atom stereocenters. The molecule has 0 aliphatic heterocycles. The van der Waals surface area contributed by atoms with Crippen molar-refractivity contribution >= 4 is 33.5 Å². The Morgan fingerprint density at radius 1 is 0.850 bits per heavy atom. The predicted octanol–water partition coefficient (Wildman–Crippen LogP) is 5.30. The van der Waals surface area contributed by atoms with Crippen molar-refractivity contribution in [2.45, 2.75) is 0 Å². The van der Waals surface area contributed by atoms with E-state index in [0.717, 1.165) is 33.1 Å². The van der Waals surface area contributed by atoms with Crippen LogP contribution in [0.15, 0.2) is 65.2 Å². The maximum Gasteiger partial charge on any atom is 0.136 e. The zero-order valence-electron chi connectivity index (χ0n) is 10.5. The number of fused-ring (bicyclic) bond motifs is 3. The van der Waals surface area contributed by atoms with Crippen LogP contribution in [0.25, 0.3) is 33.1 Å². The first-order valence-electron chi connectivity index (χ1n) is 6.35. The molecule has 96 valence electrons. The molecule has 0 spiro atoms. The molecular formula is C17H10ClNO. The van der Waals surface area contributed by atoms with Gasteiger partial charge in [0.1, 0.15) is 16.3 Å². The van der Waals surface area contributed by atoms with E-state index in [9.17, 15) is 0 Å². The van der Waals surface area contributed by atoms with Gasteiger partial charge >= 0.3 is 0 Å². The number of hydrogen-bond acceptors (Lipinski definition) is 2. The van der Waals surface area contributed by atoms with Crippen molar-refractivity contribution in [2.75, 3.05) is 0 Å². The molecule has 0 saturated carbocycles. The molecule has 0 atom stereocenters. The maximum absolute atomic E-state index is 6.15. The molecule has 4 aromatic rings. The zero-order valence-corrected chi connectivity index (χ0v) is 11.3. The van der Waals surface area contributed by atoms with Crippen LogP contribution < -0.4 is 0 Å². The van der Waals surface area contributed by atoms with Gasteiger partial charge in [0.05, 0.1) is 0 Å². The Balaban J connectivity index is 2.00. The van der Waals surface area contributed by atoms with Gasteiger partial charge in [0.2, 0.25) is 0 Å². The van der Waals surface area contributed by atoms with Crippen LogP contribution in [0.5, 0.6) is 0 Å². The molecule has 4 rings (SSSR count). The highest BCUT2D eigenvalue weighted by molar-refractivity contribution is 6.32. The van der Waals surface area contributed by atoms with Gasteiger partial charge in [-0.05, 0) is 35.9 Å². The summed E-state index contributed by atoms with van der Waals surface area (Å²) in [6.07, 6.45) is 1.69. The Hall–Kier alpha value is -2.32. The summed E-state index contributed by atoms with van der Waals surface area (Å²) in [7, 11) is 0. The third kappa shape index (κ3) is 1.69. The molecule has 3 heteroatoms. The normalized spacial score (nSPS) is 11.2. The molecule has 2 aromatic carbocycles. The van der Waals surface area contributed by atoms with Gasteiger partial charge in [-0.15, -0.1) is 0 Å². The summed E-state index contributed by atoms with van der Waals surface area (Å²) in [6, 6.07) is 18.0. The molecule has 20 heavy (non-hydrogen) atoms. The van der Waals surface area contributed by atoms with Gasteiger partial charge in [0.25, 0.3) is 0 Å². The number of furan rings is 1. The number of hydrogen-bond donors (Lipinski definition) is 0. The fraction of sp³-hybridized carbons (Fsp3) is 0. The van der Waals surface area contributed by atoms with Crippen LogP contribution in [0.1, 0.15) is 0 Å². The van der Waals surface area contributed by atoms with Gasteiger partial charge in [-0.2, -0.15) is 0 Å². The number of benzene rings is 2. The molecule has 0 bridgehead atoms. The third-order valence-electron chi connectivity index (χ3n) is 3.45. The molecule has 2 heterocycles. The van der Waals surface area contributed by atoms with Crippen LogP contribution in [0, 0.1) is 0 Å². The number of para-hydroxylation sites is 1. The van der Waals surface area contributed by atoms with Gasteiger partial charge in [-0.3, -0.25) is 0 Å². The van der Waals surface area contributed by atoms with Gasteiger partial charge in [-0.1, -0.05) is 35.9 Å². The van der Waals surface area contributed by atoms with E-state index >= 15 is 0 Å². The van der Waals surface area contributed by atoms with E-state index in [4.69, 9.17) is 16.0 Å². The molecule has 0 fully saturated rings. The second-order valence-corrected chi connectivity index (χ2v) is 5.01. The first-order valence-corrected chi connectivity index (χ1v) is 6.73. The molecule has 0 radical (unpaired) electrons. The average molecular weight is 280 g/mol. The number of aromatic nitrogens is 1. The maximum atomic E-state index is 6.15. The number of halogens is 1. The minimum absolute atomic E-state index is 0.503. The topological polar surface area (TPSA) is 26.0 Å². The van der Waals surface area contributed by atoms with Crippen molar-refractivity contribution in [2.24, 2.45) is 0 Å². The number of nitrogens with zero attached hydrogens (tertiary/aromatic N) is 1. The Morgan fingerprint density at radius 3 is 2.60 bits per heavy atom. The quantitative estimate of drug-likeness (QED) is 0.442. The highest BCUT2D eigenvalue weighted by Gasteiger charge is 2.09. The van der Waals surface area contributed by atoms with Crippen LogP contribution in [0.4, 0.5) is 0 Å². The van der Waals surface area contributed by atoms with E-state index < -0.39 is 0 Å². The molecule has 0 N–H and O–H groups in total. The summed E-state index contributed by atoms with van der Waals surface area (Å²) in [5.74, 6) is 0. The molecule has 2 aromatic heterocycles. The van der Waals surface area contributed by atoms with Crippen LogP contribution in [0.2, 0.25) is 5.15 Å². The van der Waals surface area contributed by atoms with Gasteiger partial charge < -0.3 is 4.42 Å². The molecule has 2 nitrogen and oxygen atoms in total. The summed E-state index contributed by atoms with van der Waals surface area (Å²) >= 11 is 6.15. The minimum Gasteiger partial charge on any atom is -0.456 e. The standard InChI is InChI=1S/C17H10ClNO/c18-17-12(5-3-9-19-17)11-7-8-14-13-4-1-2-6-15(13)20-16(14)10-11/h1-10H. The molecular weight excluding hydrogens is 270 g/mol. The third-order valence-corrected chi connectivity index (χ3v) is 3.75. The minimum atomic E-state index is 0.503. The SMILES string of the molecule is Clc1ncccc1-c1ccc2c(c1)oc1ccccc12. The van der Waals surface area contributed by atoms with Crippen LogP contribution in [0.3, 0.4) is 0 Å². The zero-order chi connectivity index (χ0) is 13.5. The van der Waals surface area contributed by atoms with Crippen molar-refractivity contribution in [1.29, 1.82) is 0 Å². The first-order chi connectivity index (χ1) is 9.83. The lowest BCUT2D eigenvalue weighted by molar-refractivity contribution is 0.669.